The first-order valence-electron chi connectivity index (χ1n) is 12.1. The average Bonchev–Trinajstić information content (AvgIpc) is 2.66. The molecular formula is C23H47Cl3OSi. The predicted octanol–water partition coefficient (Wildman–Crippen LogP) is 9.83. The molecule has 28 heavy (non-hydrogen) atoms. The van der Waals surface area contributed by atoms with Crippen LogP contribution in [0.3, 0.4) is 0 Å². The van der Waals surface area contributed by atoms with Crippen molar-refractivity contribution in [2.75, 3.05) is 6.61 Å². The van der Waals surface area contributed by atoms with Gasteiger partial charge in [0.15, 0.2) is 0 Å². The summed E-state index contributed by atoms with van der Waals surface area (Å²) < 4.78 is 0. The minimum atomic E-state index is -2.94. The Morgan fingerprint density at radius 3 is 1.07 bits per heavy atom. The van der Waals surface area contributed by atoms with Crippen molar-refractivity contribution in [3.8, 4) is 0 Å². The first-order chi connectivity index (χ1) is 13.4. The van der Waals surface area contributed by atoms with Gasteiger partial charge in [0.2, 0.25) is 0 Å². The van der Waals surface area contributed by atoms with Gasteiger partial charge in [0.05, 0.1) is 0 Å². The third kappa shape index (κ3) is 14.1. The lowest BCUT2D eigenvalue weighted by atomic mass is 9.93. The fourth-order valence-electron chi connectivity index (χ4n) is 4.03. The molecule has 0 heterocycles. The lowest BCUT2D eigenvalue weighted by Crippen LogP contribution is -2.37. The second kappa shape index (κ2) is 18.8. The molecule has 0 aliphatic heterocycles. The molecule has 0 saturated heterocycles. The van der Waals surface area contributed by atoms with E-state index in [0.29, 0.717) is 0 Å². The lowest BCUT2D eigenvalue weighted by molar-refractivity contribution is 0.213. The molecule has 0 radical (unpaired) electrons. The maximum atomic E-state index is 10.1. The van der Waals surface area contributed by atoms with Crippen LogP contribution in [0.25, 0.3) is 0 Å². The zero-order valence-electron chi connectivity index (χ0n) is 18.7. The van der Waals surface area contributed by atoms with E-state index in [1.807, 2.05) is 0 Å². The molecule has 0 aromatic rings. The summed E-state index contributed by atoms with van der Waals surface area (Å²) >= 11 is 19.4. The van der Waals surface area contributed by atoms with E-state index in [1.54, 1.807) is 0 Å². The zero-order valence-corrected chi connectivity index (χ0v) is 22.0. The highest BCUT2D eigenvalue weighted by molar-refractivity contribution is 7.65. The molecule has 0 aliphatic rings. The van der Waals surface area contributed by atoms with Gasteiger partial charge in [-0.2, -0.15) is 0 Å². The summed E-state index contributed by atoms with van der Waals surface area (Å²) in [7, 11) is 0. The molecule has 0 bridgehead atoms. The molecule has 1 unspecified atom stereocenters. The van der Waals surface area contributed by atoms with Gasteiger partial charge >= 0.3 is 6.00 Å². The van der Waals surface area contributed by atoms with Crippen molar-refractivity contribution in [3.63, 3.8) is 0 Å². The van der Waals surface area contributed by atoms with Crippen LogP contribution < -0.4 is 0 Å². The van der Waals surface area contributed by atoms with Gasteiger partial charge in [0.25, 0.3) is 0 Å². The van der Waals surface area contributed by atoms with Crippen LogP contribution >= 0.6 is 33.2 Å². The van der Waals surface area contributed by atoms with Crippen LogP contribution in [0.15, 0.2) is 0 Å². The number of aliphatic hydroxyl groups excluding tert-OH is 1. The summed E-state index contributed by atoms with van der Waals surface area (Å²) in [4.78, 5) is 0. The van der Waals surface area contributed by atoms with Crippen LogP contribution in [-0.4, -0.2) is 17.7 Å². The average molecular weight is 474 g/mol. The molecule has 170 valence electrons. The first-order valence-corrected chi connectivity index (χ1v) is 17.1. The van der Waals surface area contributed by atoms with Crippen LogP contribution in [0, 0.1) is 0 Å². The molecular weight excluding hydrogens is 427 g/mol. The molecule has 1 atom stereocenters. The Labute approximate surface area is 191 Å². The Hall–Kier alpha value is 1.05. The topological polar surface area (TPSA) is 20.2 Å². The Balaban J connectivity index is 4.00. The van der Waals surface area contributed by atoms with Crippen LogP contribution in [0.4, 0.5) is 0 Å². The van der Waals surface area contributed by atoms with Crippen molar-refractivity contribution in [1.29, 1.82) is 0 Å². The number of hydrogen-bond acceptors (Lipinski definition) is 1. The minimum Gasteiger partial charge on any atom is -0.396 e. The number of rotatable bonds is 21. The van der Waals surface area contributed by atoms with Gasteiger partial charge in [0.1, 0.15) is 0 Å². The van der Waals surface area contributed by atoms with Gasteiger partial charge in [-0.05, 0) is 12.8 Å². The third-order valence-corrected chi connectivity index (χ3v) is 11.6. The van der Waals surface area contributed by atoms with E-state index in [9.17, 15) is 5.11 Å². The highest BCUT2D eigenvalue weighted by Gasteiger charge is 2.50. The van der Waals surface area contributed by atoms with E-state index in [2.05, 4.69) is 13.8 Å². The summed E-state index contributed by atoms with van der Waals surface area (Å²) in [6.07, 6.45) is 23.6. The van der Waals surface area contributed by atoms with E-state index >= 15 is 0 Å². The molecule has 0 spiro atoms. The number of hydrogen-bond donors (Lipinski definition) is 1. The van der Waals surface area contributed by atoms with Crippen molar-refractivity contribution in [2.24, 2.45) is 0 Å². The smallest absolute Gasteiger partial charge is 0.349 e. The molecule has 0 amide bonds. The van der Waals surface area contributed by atoms with E-state index in [-0.39, 0.29) is 6.61 Å². The third-order valence-electron chi connectivity index (χ3n) is 6.17. The summed E-state index contributed by atoms with van der Waals surface area (Å²) in [6, 6.07) is -2.94. The standard InChI is InChI=1S/C23H47Cl3OSi/c1-3-5-7-9-11-12-13-14-15-17-19-21-23(22-27,28(24,25)26)20-18-16-10-8-6-4-2/h27H,3-22H2,1-2H3. The van der Waals surface area contributed by atoms with E-state index < -0.39 is 11.0 Å². The van der Waals surface area contributed by atoms with Crippen molar-refractivity contribution in [3.05, 3.63) is 0 Å². The SMILES string of the molecule is CCCCCCCCCCCCCC(CO)(CCCCCCCC)[Si](Cl)(Cl)Cl. The van der Waals surface area contributed by atoms with Crippen molar-refractivity contribution < 1.29 is 5.11 Å². The summed E-state index contributed by atoms with van der Waals surface area (Å²) in [6.45, 7) is 4.53. The van der Waals surface area contributed by atoms with Gasteiger partial charge in [0, 0.05) is 11.6 Å². The Morgan fingerprint density at radius 1 is 0.536 bits per heavy atom. The second-order valence-electron chi connectivity index (χ2n) is 8.74. The Kier molecular flexibility index (Phi) is 19.5. The fraction of sp³-hybridized carbons (Fsp3) is 1.00. The van der Waals surface area contributed by atoms with Gasteiger partial charge in [-0.3, -0.25) is 0 Å². The number of aliphatic hydroxyl groups is 1. The van der Waals surface area contributed by atoms with Crippen LogP contribution in [0.1, 0.15) is 136 Å². The van der Waals surface area contributed by atoms with E-state index in [4.69, 9.17) is 33.2 Å². The minimum absolute atomic E-state index is 0.0302. The van der Waals surface area contributed by atoms with Crippen LogP contribution in [0.5, 0.6) is 0 Å². The summed E-state index contributed by atoms with van der Waals surface area (Å²) in [5.41, 5.74) is 0. The Bertz CT molecular complexity index is 336. The lowest BCUT2D eigenvalue weighted by Gasteiger charge is -2.36. The number of halogens is 3. The molecule has 0 aromatic carbocycles. The quantitative estimate of drug-likeness (QED) is 0.0998. The Morgan fingerprint density at radius 2 is 0.821 bits per heavy atom. The maximum absolute atomic E-state index is 10.1. The highest BCUT2D eigenvalue weighted by atomic mass is 35.8. The zero-order chi connectivity index (χ0) is 21.1. The largest absolute Gasteiger partial charge is 0.396 e. The maximum Gasteiger partial charge on any atom is 0.349 e. The predicted molar refractivity (Wildman–Crippen MR) is 132 cm³/mol. The molecule has 5 heteroatoms. The summed E-state index contributed by atoms with van der Waals surface area (Å²) in [5.74, 6) is 0. The molecule has 0 aromatic heterocycles. The fourth-order valence-corrected chi connectivity index (χ4v) is 7.37. The van der Waals surface area contributed by atoms with E-state index in [1.165, 1.54) is 96.3 Å². The van der Waals surface area contributed by atoms with E-state index in [0.717, 1.165) is 25.7 Å². The van der Waals surface area contributed by atoms with Gasteiger partial charge in [-0.1, -0.05) is 123 Å². The molecule has 0 aliphatic carbocycles. The van der Waals surface area contributed by atoms with Gasteiger partial charge in [-0.25, -0.2) is 0 Å². The molecule has 1 nitrogen and oxygen atoms in total. The molecule has 0 rings (SSSR count). The van der Waals surface area contributed by atoms with Gasteiger partial charge < -0.3 is 5.11 Å². The van der Waals surface area contributed by atoms with Crippen molar-refractivity contribution >= 4 is 39.2 Å². The number of unbranched alkanes of at least 4 members (excludes halogenated alkanes) is 15. The molecule has 0 fully saturated rings. The van der Waals surface area contributed by atoms with Crippen LogP contribution in [-0.2, 0) is 0 Å². The normalized spacial score (nSPS) is 14.4. The highest BCUT2D eigenvalue weighted by Crippen LogP contribution is 2.53. The van der Waals surface area contributed by atoms with Crippen LogP contribution in [0.2, 0.25) is 5.04 Å². The second-order valence-corrected chi connectivity index (χ2v) is 17.6. The molecule has 1 N–H and O–H groups in total. The molecule has 0 saturated carbocycles. The monoisotopic (exact) mass is 472 g/mol. The van der Waals surface area contributed by atoms with Crippen molar-refractivity contribution in [2.45, 2.75) is 141 Å². The first kappa shape index (κ1) is 29.0. The van der Waals surface area contributed by atoms with Gasteiger partial charge in [-0.15, -0.1) is 33.2 Å². The summed E-state index contributed by atoms with van der Waals surface area (Å²) in [5, 5.41) is 9.65. The van der Waals surface area contributed by atoms with Crippen molar-refractivity contribution in [1.82, 2.24) is 0 Å².